The highest BCUT2D eigenvalue weighted by molar-refractivity contribution is 5.98. The van der Waals surface area contributed by atoms with E-state index in [9.17, 15) is 4.79 Å². The fourth-order valence-corrected chi connectivity index (χ4v) is 5.92. The number of likely N-dealkylation sites (tertiary alicyclic amines) is 1. The van der Waals surface area contributed by atoms with Gasteiger partial charge in [0.15, 0.2) is 5.82 Å². The zero-order valence-corrected chi connectivity index (χ0v) is 23.1. The minimum atomic E-state index is 0.0835. The van der Waals surface area contributed by atoms with Crippen molar-refractivity contribution in [1.82, 2.24) is 30.0 Å². The molecule has 0 aliphatic carbocycles. The van der Waals surface area contributed by atoms with Crippen molar-refractivity contribution in [3.05, 3.63) is 78.9 Å². The molecule has 0 bridgehead atoms. The summed E-state index contributed by atoms with van der Waals surface area (Å²) in [5.41, 5.74) is 5.90. The molecule has 1 aliphatic rings. The van der Waals surface area contributed by atoms with Gasteiger partial charge in [0, 0.05) is 53.2 Å². The van der Waals surface area contributed by atoms with Crippen molar-refractivity contribution >= 4 is 28.3 Å². The minimum absolute atomic E-state index is 0.0835. The molecule has 0 atom stereocenters. The molecule has 1 saturated heterocycles. The highest BCUT2D eigenvalue weighted by Gasteiger charge is 2.34. The van der Waals surface area contributed by atoms with Gasteiger partial charge in [-0.25, -0.2) is 9.97 Å². The molecule has 0 radical (unpaired) electrons. The minimum Gasteiger partial charge on any atom is -0.351 e. The number of aromatic amines is 2. The number of carbonyl (C=O) groups excluding carboxylic acids is 1. The van der Waals surface area contributed by atoms with Crippen molar-refractivity contribution in [3.8, 4) is 22.5 Å². The second kappa shape index (κ2) is 11.0. The van der Waals surface area contributed by atoms with Crippen LogP contribution in [0.25, 0.3) is 33.4 Å². The van der Waals surface area contributed by atoms with E-state index in [0.717, 1.165) is 59.2 Å². The van der Waals surface area contributed by atoms with Crippen LogP contribution in [0, 0.1) is 5.41 Å². The zero-order chi connectivity index (χ0) is 27.5. The topological polar surface area (TPSA) is 103 Å². The monoisotopic (exact) mass is 533 g/mol. The number of benzene rings is 2. The van der Waals surface area contributed by atoms with Gasteiger partial charge < -0.3 is 15.2 Å². The van der Waals surface area contributed by atoms with E-state index >= 15 is 0 Å². The van der Waals surface area contributed by atoms with Crippen molar-refractivity contribution in [2.24, 2.45) is 5.41 Å². The molecule has 204 valence electrons. The summed E-state index contributed by atoms with van der Waals surface area (Å²) in [5, 5.41) is 11.2. The molecular formula is C32H35N7O. The number of amides is 1. The Morgan fingerprint density at radius 3 is 2.52 bits per heavy atom. The van der Waals surface area contributed by atoms with Crippen LogP contribution in [0.1, 0.15) is 56.4 Å². The molecule has 6 rings (SSSR count). The number of hydrogen-bond acceptors (Lipinski definition) is 5. The molecule has 0 spiro atoms. The Balaban J connectivity index is 1.16. The summed E-state index contributed by atoms with van der Waals surface area (Å²) in [6.45, 7) is 6.20. The summed E-state index contributed by atoms with van der Waals surface area (Å²) >= 11 is 0. The van der Waals surface area contributed by atoms with Gasteiger partial charge in [0.1, 0.15) is 11.5 Å². The number of anilines is 2. The van der Waals surface area contributed by atoms with Gasteiger partial charge >= 0.3 is 0 Å². The third-order valence-electron chi connectivity index (χ3n) is 8.40. The number of nitrogens with one attached hydrogen (secondary N) is 3. The normalized spacial score (nSPS) is 14.9. The van der Waals surface area contributed by atoms with Crippen LogP contribution in [0.5, 0.6) is 0 Å². The van der Waals surface area contributed by atoms with E-state index in [1.54, 1.807) is 12.4 Å². The van der Waals surface area contributed by atoms with E-state index in [-0.39, 0.29) is 5.91 Å². The Labute approximate surface area is 234 Å². The van der Waals surface area contributed by atoms with E-state index in [1.165, 1.54) is 19.3 Å². The molecular weight excluding hydrogens is 498 g/mol. The van der Waals surface area contributed by atoms with Crippen LogP contribution in [0.4, 0.5) is 11.5 Å². The Hall–Kier alpha value is -4.46. The van der Waals surface area contributed by atoms with Crippen LogP contribution < -0.4 is 5.32 Å². The number of rotatable bonds is 8. The van der Waals surface area contributed by atoms with Crippen LogP contribution >= 0.6 is 0 Å². The van der Waals surface area contributed by atoms with Crippen LogP contribution in [-0.2, 0) is 0 Å². The molecule has 0 unspecified atom stereocenters. The first-order valence-electron chi connectivity index (χ1n) is 14.2. The Morgan fingerprint density at radius 2 is 1.80 bits per heavy atom. The highest BCUT2D eigenvalue weighted by atomic mass is 16.2. The lowest BCUT2D eigenvalue weighted by atomic mass is 9.73. The average molecular weight is 534 g/mol. The lowest BCUT2D eigenvalue weighted by Gasteiger charge is -2.41. The maximum atomic E-state index is 13.3. The summed E-state index contributed by atoms with van der Waals surface area (Å²) in [5.74, 6) is 1.41. The first kappa shape index (κ1) is 25.8. The van der Waals surface area contributed by atoms with Gasteiger partial charge in [-0.3, -0.25) is 9.89 Å². The van der Waals surface area contributed by atoms with Gasteiger partial charge in [-0.1, -0.05) is 51.0 Å². The van der Waals surface area contributed by atoms with Crippen molar-refractivity contribution in [1.29, 1.82) is 0 Å². The fourth-order valence-electron chi connectivity index (χ4n) is 5.92. The van der Waals surface area contributed by atoms with Crippen LogP contribution in [-0.4, -0.2) is 49.0 Å². The largest absolute Gasteiger partial charge is 0.351 e. The number of fused-ring (bicyclic) bond motifs is 1. The third kappa shape index (κ3) is 5.21. The number of carbonyl (C=O) groups is 1. The molecule has 1 amide bonds. The smallest absolute Gasteiger partial charge is 0.270 e. The molecule has 3 aromatic heterocycles. The summed E-state index contributed by atoms with van der Waals surface area (Å²) in [4.78, 5) is 28.0. The molecule has 8 nitrogen and oxygen atoms in total. The van der Waals surface area contributed by atoms with Crippen LogP contribution in [0.15, 0.2) is 73.2 Å². The molecule has 40 heavy (non-hydrogen) atoms. The van der Waals surface area contributed by atoms with Crippen molar-refractivity contribution in [2.45, 2.75) is 46.0 Å². The average Bonchev–Trinajstić information content (AvgIpc) is 3.68. The predicted molar refractivity (Wildman–Crippen MR) is 159 cm³/mol. The number of hydrogen-bond donors (Lipinski definition) is 3. The van der Waals surface area contributed by atoms with Crippen LogP contribution in [0.3, 0.4) is 0 Å². The molecule has 5 aromatic rings. The van der Waals surface area contributed by atoms with Gasteiger partial charge in [-0.05, 0) is 60.6 Å². The van der Waals surface area contributed by atoms with E-state index in [1.807, 2.05) is 65.7 Å². The number of nitrogens with zero attached hydrogens (tertiary/aromatic N) is 4. The molecule has 1 fully saturated rings. The quantitative estimate of drug-likeness (QED) is 0.196. The van der Waals surface area contributed by atoms with Gasteiger partial charge in [-0.2, -0.15) is 5.10 Å². The summed E-state index contributed by atoms with van der Waals surface area (Å²) in [7, 11) is 0. The molecule has 0 saturated carbocycles. The zero-order valence-electron chi connectivity index (χ0n) is 23.1. The number of aromatic nitrogens is 5. The lowest BCUT2D eigenvalue weighted by molar-refractivity contribution is 0.0540. The van der Waals surface area contributed by atoms with Gasteiger partial charge in [0.05, 0.1) is 6.20 Å². The van der Waals surface area contributed by atoms with Gasteiger partial charge in [0.2, 0.25) is 0 Å². The molecule has 2 aromatic carbocycles. The van der Waals surface area contributed by atoms with E-state index in [2.05, 4.69) is 39.3 Å². The van der Waals surface area contributed by atoms with Crippen molar-refractivity contribution in [3.63, 3.8) is 0 Å². The maximum absolute atomic E-state index is 13.3. The first-order valence-corrected chi connectivity index (χ1v) is 14.2. The summed E-state index contributed by atoms with van der Waals surface area (Å²) in [6.07, 6.45) is 11.2. The third-order valence-corrected chi connectivity index (χ3v) is 8.40. The summed E-state index contributed by atoms with van der Waals surface area (Å²) < 4.78 is 0. The standard InChI is InChI=1S/C32H35N7O/c1-3-12-32(4-2)13-16-39(17-14-32)31(40)28-18-23-5-6-24(19-27(23)37-28)30-33-15-11-29(38-30)36-26-9-7-22(8-10-26)25-20-34-35-21-25/h5-11,15,18-21,37H,3-4,12-14,16-17H2,1-2H3,(H,34,35)(H,33,36,38). The molecule has 8 heteroatoms. The van der Waals surface area contributed by atoms with Gasteiger partial charge in [-0.15, -0.1) is 0 Å². The molecule has 1 aliphatic heterocycles. The summed E-state index contributed by atoms with van der Waals surface area (Å²) in [6, 6.07) is 18.0. The van der Waals surface area contributed by atoms with Crippen molar-refractivity contribution in [2.75, 3.05) is 18.4 Å². The molecule has 4 heterocycles. The van der Waals surface area contributed by atoms with E-state index < -0.39 is 0 Å². The van der Waals surface area contributed by atoms with Gasteiger partial charge in [0.25, 0.3) is 5.91 Å². The fraction of sp³-hybridized carbons (Fsp3) is 0.312. The maximum Gasteiger partial charge on any atom is 0.270 e. The number of H-pyrrole nitrogens is 2. The first-order chi connectivity index (χ1) is 19.6. The SMILES string of the molecule is CCCC1(CC)CCN(C(=O)c2cc3ccc(-c4nccc(Nc5ccc(-c6cn[nH]c6)cc5)n4)cc3[nH]2)CC1. The van der Waals surface area contributed by atoms with E-state index in [0.29, 0.717) is 22.8 Å². The predicted octanol–water partition coefficient (Wildman–Crippen LogP) is 7.19. The van der Waals surface area contributed by atoms with Crippen LogP contribution in [0.2, 0.25) is 0 Å². The second-order valence-corrected chi connectivity index (χ2v) is 10.8. The Morgan fingerprint density at radius 1 is 1.00 bits per heavy atom. The molecule has 3 N–H and O–H groups in total. The second-order valence-electron chi connectivity index (χ2n) is 10.8. The Kier molecular flexibility index (Phi) is 7.07. The number of piperidine rings is 1. The van der Waals surface area contributed by atoms with Crippen molar-refractivity contribution < 1.29 is 4.79 Å². The lowest BCUT2D eigenvalue weighted by Crippen LogP contribution is -2.43. The highest BCUT2D eigenvalue weighted by Crippen LogP contribution is 2.39. The van der Waals surface area contributed by atoms with E-state index in [4.69, 9.17) is 4.98 Å². The Bertz CT molecular complexity index is 1600.